The van der Waals surface area contributed by atoms with Crippen LogP contribution in [0.2, 0.25) is 0 Å². The molecule has 1 fully saturated rings. The second kappa shape index (κ2) is 11.9. The van der Waals surface area contributed by atoms with Crippen molar-refractivity contribution in [1.82, 2.24) is 15.2 Å². The van der Waals surface area contributed by atoms with E-state index < -0.39 is 41.8 Å². The van der Waals surface area contributed by atoms with Crippen LogP contribution in [0.5, 0.6) is 0 Å². The molecule has 2 aliphatic heterocycles. The molecule has 0 bridgehead atoms. The van der Waals surface area contributed by atoms with Gasteiger partial charge in [0.15, 0.2) is 10.8 Å². The molecule has 0 radical (unpaired) electrons. The summed E-state index contributed by atoms with van der Waals surface area (Å²) in [6, 6.07) is -1.01. The number of β-lactam (4-membered cyclic amide) rings is 1. The minimum absolute atomic E-state index is 0. The fraction of sp³-hybridized carbons (Fsp3) is 0.250. The normalized spacial score (nSPS) is 19.0. The number of carbonyl (C=O) groups excluding carboxylic acids is 2. The van der Waals surface area contributed by atoms with Gasteiger partial charge in [-0.3, -0.25) is 14.5 Å². The number of thiazole rings is 1. The van der Waals surface area contributed by atoms with Crippen molar-refractivity contribution < 1.29 is 50.7 Å². The number of hydrogen-bond donors (Lipinski definition) is 4. The van der Waals surface area contributed by atoms with E-state index in [1.54, 1.807) is 0 Å². The highest BCUT2D eigenvalue weighted by atomic mass is 32.2. The van der Waals surface area contributed by atoms with Crippen molar-refractivity contribution in [3.05, 3.63) is 35.0 Å². The molecular weight excluding hydrogens is 486 g/mol. The number of aliphatic carboxylic acids is 2. The summed E-state index contributed by atoms with van der Waals surface area (Å²) in [7, 11) is 0. The Kier molecular flexibility index (Phi) is 10.7. The number of oxime groups is 1. The van der Waals surface area contributed by atoms with Crippen molar-refractivity contribution in [3.63, 3.8) is 0 Å². The number of carbonyl (C=O) groups is 4. The van der Waals surface area contributed by atoms with Gasteiger partial charge >= 0.3 is 11.9 Å². The molecule has 33 heavy (non-hydrogen) atoms. The Morgan fingerprint density at radius 1 is 1.36 bits per heavy atom. The van der Waals surface area contributed by atoms with E-state index in [4.69, 9.17) is 10.8 Å². The summed E-state index contributed by atoms with van der Waals surface area (Å²) in [5.74, 6) is -3.72. The van der Waals surface area contributed by atoms with Crippen LogP contribution in [0, 0.1) is 0 Å². The third-order valence-corrected chi connectivity index (χ3v) is 6.03. The van der Waals surface area contributed by atoms with Crippen molar-refractivity contribution in [2.45, 2.75) is 11.4 Å². The van der Waals surface area contributed by atoms with Crippen LogP contribution in [-0.2, 0) is 24.0 Å². The number of rotatable bonds is 8. The van der Waals surface area contributed by atoms with Gasteiger partial charge in [0.05, 0.1) is 0 Å². The van der Waals surface area contributed by atoms with Crippen molar-refractivity contribution in [2.75, 3.05) is 18.1 Å². The molecule has 11 N–H and O–H groups in total. The van der Waals surface area contributed by atoms with Gasteiger partial charge in [0.2, 0.25) is 6.61 Å². The van der Waals surface area contributed by atoms with E-state index in [-0.39, 0.29) is 38.7 Å². The molecule has 0 spiro atoms. The molecule has 1 saturated heterocycles. The molecule has 2 unspecified atom stereocenters. The molecule has 0 aromatic carbocycles. The van der Waals surface area contributed by atoms with Crippen LogP contribution in [0.4, 0.5) is 5.13 Å². The van der Waals surface area contributed by atoms with Gasteiger partial charge in [0.25, 0.3) is 11.8 Å². The summed E-state index contributed by atoms with van der Waals surface area (Å²) < 4.78 is 0. The summed E-state index contributed by atoms with van der Waals surface area (Å²) in [5, 5.41) is 25.0. The Morgan fingerprint density at radius 2 is 2.03 bits per heavy atom. The first-order valence-electron chi connectivity index (χ1n) is 8.22. The van der Waals surface area contributed by atoms with E-state index in [0.29, 0.717) is 11.3 Å². The predicted octanol–water partition coefficient (Wildman–Crippen LogP) is -3.02. The summed E-state index contributed by atoms with van der Waals surface area (Å²) >= 11 is 2.30. The van der Waals surface area contributed by atoms with Crippen LogP contribution < -0.4 is 11.1 Å². The molecule has 2 atom stereocenters. The van der Waals surface area contributed by atoms with Crippen LogP contribution in [-0.4, -0.2) is 89.8 Å². The number of aromatic nitrogens is 1. The molecule has 3 rings (SSSR count). The van der Waals surface area contributed by atoms with Crippen molar-refractivity contribution >= 4 is 57.7 Å². The van der Waals surface area contributed by atoms with Crippen molar-refractivity contribution in [1.29, 1.82) is 0 Å². The number of anilines is 1. The molecule has 2 aliphatic rings. The van der Waals surface area contributed by atoms with Crippen LogP contribution in [0.15, 0.2) is 34.5 Å². The monoisotopic (exact) mass is 507 g/mol. The Bertz CT molecular complexity index is 1010. The number of allylic oxidation sites excluding steroid dienone is 1. The average Bonchev–Trinajstić information content (AvgIpc) is 3.13. The lowest BCUT2D eigenvalue weighted by molar-refractivity contribution is -0.150. The van der Waals surface area contributed by atoms with Gasteiger partial charge in [-0.25, -0.2) is 14.6 Å². The Balaban J connectivity index is 0.00000341. The molecular formula is C16H21N5O10S2. The standard InChI is InChI=1S/C16H15N5O7S2.3H2O/c1-2-6-4-29-14-10(13(25)21(14)11(6)15(26)27)19-12(24)9(20-28-3-8(22)23)7-5-30-16(17)18-7;;;/h2,5,10,14H,1,3-4H2,(H2,17,18)(H,19,24)(H,22,23)(H,26,27);3*1H2/b20-9+;;;. The highest BCUT2D eigenvalue weighted by Gasteiger charge is 2.54. The predicted molar refractivity (Wildman–Crippen MR) is 117 cm³/mol. The number of hydrogen-bond acceptors (Lipinski definition) is 10. The number of nitrogens with zero attached hydrogens (tertiary/aromatic N) is 3. The molecule has 2 amide bonds. The lowest BCUT2D eigenvalue weighted by Gasteiger charge is -2.49. The number of thioether (sulfide) groups is 1. The Hall–Kier alpha value is -3.51. The number of carboxylic acid groups (broad SMARTS) is 2. The van der Waals surface area contributed by atoms with Crippen molar-refractivity contribution in [3.8, 4) is 0 Å². The fourth-order valence-electron chi connectivity index (χ4n) is 2.76. The van der Waals surface area contributed by atoms with Gasteiger partial charge in [-0.1, -0.05) is 17.8 Å². The molecule has 0 saturated carbocycles. The van der Waals surface area contributed by atoms with E-state index in [0.717, 1.165) is 16.2 Å². The minimum Gasteiger partial charge on any atom is -0.479 e. The quantitative estimate of drug-likeness (QED) is 0.157. The second-order valence-corrected chi connectivity index (χ2v) is 7.92. The number of nitrogens with one attached hydrogen (secondary N) is 1. The Morgan fingerprint density at radius 3 is 2.55 bits per heavy atom. The maximum Gasteiger partial charge on any atom is 0.352 e. The molecule has 0 aliphatic carbocycles. The number of amides is 2. The second-order valence-electron chi connectivity index (χ2n) is 5.92. The van der Waals surface area contributed by atoms with E-state index in [2.05, 4.69) is 26.9 Å². The van der Waals surface area contributed by atoms with Gasteiger partial charge in [-0.05, 0) is 5.57 Å². The zero-order valence-corrected chi connectivity index (χ0v) is 18.2. The third-order valence-electron chi connectivity index (χ3n) is 4.06. The topological polar surface area (TPSA) is 279 Å². The maximum absolute atomic E-state index is 12.7. The Labute approximate surface area is 193 Å². The van der Waals surface area contributed by atoms with E-state index >= 15 is 0 Å². The average molecular weight is 508 g/mol. The zero-order valence-electron chi connectivity index (χ0n) is 16.6. The lowest BCUT2D eigenvalue weighted by Crippen LogP contribution is -2.71. The zero-order chi connectivity index (χ0) is 22.0. The van der Waals surface area contributed by atoms with E-state index in [9.17, 15) is 24.3 Å². The molecule has 17 heteroatoms. The molecule has 1 aromatic heterocycles. The minimum atomic E-state index is -1.30. The SMILES string of the molecule is C=CC1=C(C(=O)O)N2C(=O)C(NC(=O)/C(=N/OCC(=O)O)c3csc(N)n3)C2SC1.O.O.O. The van der Waals surface area contributed by atoms with Crippen LogP contribution in [0.3, 0.4) is 0 Å². The summed E-state index contributed by atoms with van der Waals surface area (Å²) in [5.41, 5.74) is 5.48. The van der Waals surface area contributed by atoms with Gasteiger partial charge in [0.1, 0.15) is 22.8 Å². The van der Waals surface area contributed by atoms with E-state index in [1.807, 2.05) is 0 Å². The maximum atomic E-state index is 12.7. The number of fused-ring (bicyclic) bond motifs is 1. The van der Waals surface area contributed by atoms with Gasteiger partial charge in [-0.15, -0.1) is 23.1 Å². The number of nitrogen functional groups attached to an aromatic ring is 1. The van der Waals surface area contributed by atoms with Crippen molar-refractivity contribution in [2.24, 2.45) is 5.16 Å². The molecule has 15 nitrogen and oxygen atoms in total. The molecule has 1 aromatic rings. The van der Waals surface area contributed by atoms with Gasteiger partial charge < -0.3 is 42.5 Å². The highest BCUT2D eigenvalue weighted by Crippen LogP contribution is 2.40. The van der Waals surface area contributed by atoms with Gasteiger partial charge in [-0.2, -0.15) is 0 Å². The summed E-state index contributed by atoms with van der Waals surface area (Å²) in [6.07, 6.45) is 1.38. The van der Waals surface area contributed by atoms with Crippen LogP contribution in [0.1, 0.15) is 5.69 Å². The van der Waals surface area contributed by atoms with E-state index in [1.165, 1.54) is 23.2 Å². The molecule has 3 heterocycles. The fourth-order valence-corrected chi connectivity index (χ4v) is 4.65. The summed E-state index contributed by atoms with van der Waals surface area (Å²) in [6.45, 7) is 2.77. The lowest BCUT2D eigenvalue weighted by atomic mass is 10.0. The summed E-state index contributed by atoms with van der Waals surface area (Å²) in [4.78, 5) is 57.1. The first-order chi connectivity index (χ1) is 14.2. The first kappa shape index (κ1) is 29.5. The highest BCUT2D eigenvalue weighted by molar-refractivity contribution is 8.00. The van der Waals surface area contributed by atoms with Gasteiger partial charge in [0, 0.05) is 11.1 Å². The van der Waals surface area contributed by atoms with Crippen LogP contribution >= 0.6 is 23.1 Å². The number of carboxylic acids is 2. The smallest absolute Gasteiger partial charge is 0.352 e. The number of nitrogens with two attached hydrogens (primary N) is 1. The van der Waals surface area contributed by atoms with Crippen LogP contribution in [0.25, 0.3) is 0 Å². The first-order valence-corrected chi connectivity index (χ1v) is 10.1. The largest absolute Gasteiger partial charge is 0.479 e. The molecule has 182 valence electrons. The third kappa shape index (κ3) is 5.84.